The van der Waals surface area contributed by atoms with Crippen LogP contribution < -0.4 is 0 Å². The molecule has 1 heterocycles. The Hall–Kier alpha value is -0.910. The van der Waals surface area contributed by atoms with E-state index in [1.807, 2.05) is 19.1 Å². The topological polar surface area (TPSA) is 57.6 Å². The number of aryl methyl sites for hydroxylation is 1. The average molecular weight is 281 g/mol. The predicted molar refractivity (Wildman–Crippen MR) is 72.2 cm³/mol. The van der Waals surface area contributed by atoms with E-state index in [1.165, 1.54) is 4.31 Å². The lowest BCUT2D eigenvalue weighted by molar-refractivity contribution is 0.129. The summed E-state index contributed by atoms with van der Waals surface area (Å²) in [6.45, 7) is 2.95. The van der Waals surface area contributed by atoms with E-state index in [4.69, 9.17) is 0 Å². The van der Waals surface area contributed by atoms with E-state index >= 15 is 0 Å². The fraction of sp³-hybridized carbons (Fsp3) is 0.571. The van der Waals surface area contributed by atoms with Gasteiger partial charge in [-0.25, -0.2) is 8.42 Å². The molecule has 1 aromatic rings. The Labute approximate surface area is 114 Å². The lowest BCUT2D eigenvalue weighted by Gasteiger charge is -2.18. The van der Waals surface area contributed by atoms with Crippen molar-refractivity contribution in [2.24, 2.45) is 11.8 Å². The molecule has 3 atom stereocenters. The van der Waals surface area contributed by atoms with Crippen LogP contribution in [0.15, 0.2) is 29.2 Å². The van der Waals surface area contributed by atoms with Gasteiger partial charge in [0.1, 0.15) is 0 Å². The lowest BCUT2D eigenvalue weighted by Crippen LogP contribution is -2.31. The number of hydrogen-bond donors (Lipinski definition) is 1. The molecular weight excluding hydrogens is 262 g/mol. The molecule has 1 saturated carbocycles. The van der Waals surface area contributed by atoms with Crippen molar-refractivity contribution in [1.82, 2.24) is 4.31 Å². The molecule has 1 aliphatic carbocycles. The Morgan fingerprint density at radius 3 is 2.47 bits per heavy atom. The number of hydrogen-bond acceptors (Lipinski definition) is 3. The van der Waals surface area contributed by atoms with Crippen LogP contribution in [0.1, 0.15) is 18.4 Å². The van der Waals surface area contributed by atoms with Crippen LogP contribution in [-0.4, -0.2) is 37.0 Å². The number of fused-ring (bicyclic) bond motifs is 1. The van der Waals surface area contributed by atoms with Gasteiger partial charge in [0, 0.05) is 19.0 Å². The molecule has 1 aromatic carbocycles. The van der Waals surface area contributed by atoms with E-state index in [0.717, 1.165) is 18.4 Å². The zero-order chi connectivity index (χ0) is 13.6. The molecule has 1 N–H and O–H groups in total. The highest BCUT2D eigenvalue weighted by Gasteiger charge is 2.45. The number of benzene rings is 1. The van der Waals surface area contributed by atoms with Crippen LogP contribution >= 0.6 is 0 Å². The number of aliphatic hydroxyl groups is 1. The molecule has 104 valence electrons. The monoisotopic (exact) mass is 281 g/mol. The Kier molecular flexibility index (Phi) is 3.15. The van der Waals surface area contributed by atoms with Crippen molar-refractivity contribution in [2.75, 3.05) is 13.1 Å². The first-order chi connectivity index (χ1) is 8.98. The van der Waals surface area contributed by atoms with Crippen LogP contribution in [0.25, 0.3) is 0 Å². The van der Waals surface area contributed by atoms with Gasteiger partial charge in [0.2, 0.25) is 10.0 Å². The minimum absolute atomic E-state index is 0.125. The summed E-state index contributed by atoms with van der Waals surface area (Å²) in [6.07, 6.45) is 1.42. The van der Waals surface area contributed by atoms with E-state index in [2.05, 4.69) is 0 Å². The van der Waals surface area contributed by atoms with Gasteiger partial charge >= 0.3 is 0 Å². The highest BCUT2D eigenvalue weighted by molar-refractivity contribution is 7.89. The van der Waals surface area contributed by atoms with Crippen molar-refractivity contribution < 1.29 is 13.5 Å². The van der Waals surface area contributed by atoms with E-state index in [9.17, 15) is 13.5 Å². The molecule has 3 rings (SSSR count). The Balaban J connectivity index is 1.84. The van der Waals surface area contributed by atoms with Gasteiger partial charge in [0.15, 0.2) is 0 Å². The van der Waals surface area contributed by atoms with Gasteiger partial charge in [0.25, 0.3) is 0 Å². The molecular formula is C14H19NO3S. The van der Waals surface area contributed by atoms with Gasteiger partial charge < -0.3 is 5.11 Å². The maximum atomic E-state index is 12.5. The normalized spacial score (nSPS) is 31.6. The third-order valence-corrected chi connectivity index (χ3v) is 6.29. The van der Waals surface area contributed by atoms with Crippen molar-refractivity contribution in [3.05, 3.63) is 29.8 Å². The Morgan fingerprint density at radius 2 is 1.84 bits per heavy atom. The molecule has 4 nitrogen and oxygen atoms in total. The number of rotatable bonds is 2. The maximum Gasteiger partial charge on any atom is 0.243 e. The summed E-state index contributed by atoms with van der Waals surface area (Å²) in [5.74, 6) is 0.454. The molecule has 2 fully saturated rings. The highest BCUT2D eigenvalue weighted by atomic mass is 32.2. The first-order valence-electron chi connectivity index (χ1n) is 6.73. The van der Waals surface area contributed by atoms with Gasteiger partial charge in [-0.2, -0.15) is 4.31 Å². The first kappa shape index (κ1) is 13.1. The number of sulfonamides is 1. The number of nitrogens with zero attached hydrogens (tertiary/aromatic N) is 1. The molecule has 0 amide bonds. The second-order valence-corrected chi connectivity index (χ2v) is 7.64. The smallest absolute Gasteiger partial charge is 0.243 e. The Morgan fingerprint density at radius 1 is 1.16 bits per heavy atom. The maximum absolute atomic E-state index is 12.5. The highest BCUT2D eigenvalue weighted by Crippen LogP contribution is 2.40. The molecule has 0 aromatic heterocycles. The van der Waals surface area contributed by atoms with Crippen LogP contribution in [0.3, 0.4) is 0 Å². The van der Waals surface area contributed by atoms with Crippen molar-refractivity contribution in [3.63, 3.8) is 0 Å². The fourth-order valence-corrected chi connectivity index (χ4v) is 4.79. The van der Waals surface area contributed by atoms with E-state index in [1.54, 1.807) is 12.1 Å². The second kappa shape index (κ2) is 4.58. The van der Waals surface area contributed by atoms with Crippen LogP contribution in [0, 0.1) is 18.8 Å². The predicted octanol–water partition coefficient (Wildman–Crippen LogP) is 1.39. The lowest BCUT2D eigenvalue weighted by atomic mass is 10.00. The summed E-state index contributed by atoms with van der Waals surface area (Å²) < 4.78 is 26.6. The van der Waals surface area contributed by atoms with Crippen molar-refractivity contribution in [1.29, 1.82) is 0 Å². The summed E-state index contributed by atoms with van der Waals surface area (Å²) in [4.78, 5) is 0.354. The molecule has 1 saturated heterocycles. The van der Waals surface area contributed by atoms with Crippen LogP contribution in [0.2, 0.25) is 0 Å². The van der Waals surface area contributed by atoms with Crippen LogP contribution in [0.5, 0.6) is 0 Å². The van der Waals surface area contributed by atoms with Gasteiger partial charge in [-0.1, -0.05) is 17.7 Å². The standard InChI is InChI=1S/C14H19NO3S/c1-10-2-5-12(6-3-10)19(17,18)15-8-11-4-7-14(16)13(11)9-15/h2-3,5-6,11,13-14,16H,4,7-9H2,1H3. The van der Waals surface area contributed by atoms with Gasteiger partial charge in [-0.3, -0.25) is 0 Å². The van der Waals surface area contributed by atoms with Gasteiger partial charge in [-0.15, -0.1) is 0 Å². The Bertz CT molecular complexity index is 567. The van der Waals surface area contributed by atoms with Crippen molar-refractivity contribution in [2.45, 2.75) is 30.8 Å². The summed E-state index contributed by atoms with van der Waals surface area (Å²) in [5, 5.41) is 9.87. The summed E-state index contributed by atoms with van der Waals surface area (Å²) in [5.41, 5.74) is 1.05. The number of aliphatic hydroxyl groups excluding tert-OH is 1. The zero-order valence-electron chi connectivity index (χ0n) is 11.0. The molecule has 0 radical (unpaired) electrons. The third-order valence-electron chi connectivity index (χ3n) is 4.44. The van der Waals surface area contributed by atoms with Crippen LogP contribution in [-0.2, 0) is 10.0 Å². The minimum atomic E-state index is -3.40. The quantitative estimate of drug-likeness (QED) is 0.891. The summed E-state index contributed by atoms with van der Waals surface area (Å²) in [7, 11) is -3.40. The first-order valence-corrected chi connectivity index (χ1v) is 8.17. The minimum Gasteiger partial charge on any atom is -0.393 e. The second-order valence-electron chi connectivity index (χ2n) is 5.70. The molecule has 5 heteroatoms. The van der Waals surface area contributed by atoms with E-state index in [0.29, 0.717) is 23.9 Å². The molecule has 0 bridgehead atoms. The molecule has 0 spiro atoms. The summed E-state index contributed by atoms with van der Waals surface area (Å²) in [6, 6.07) is 6.96. The van der Waals surface area contributed by atoms with Crippen molar-refractivity contribution in [3.8, 4) is 0 Å². The molecule has 3 unspecified atom stereocenters. The SMILES string of the molecule is Cc1ccc(S(=O)(=O)N2CC3CCC(O)C3C2)cc1. The van der Waals surface area contributed by atoms with E-state index < -0.39 is 10.0 Å². The van der Waals surface area contributed by atoms with Crippen LogP contribution in [0.4, 0.5) is 0 Å². The average Bonchev–Trinajstić information content (AvgIpc) is 2.93. The largest absolute Gasteiger partial charge is 0.393 e. The molecule has 1 aliphatic heterocycles. The van der Waals surface area contributed by atoms with E-state index in [-0.39, 0.29) is 12.0 Å². The zero-order valence-corrected chi connectivity index (χ0v) is 11.8. The van der Waals surface area contributed by atoms with Gasteiger partial charge in [0.05, 0.1) is 11.0 Å². The molecule has 2 aliphatic rings. The fourth-order valence-electron chi connectivity index (χ4n) is 3.25. The third kappa shape index (κ3) is 2.20. The summed E-state index contributed by atoms with van der Waals surface area (Å²) >= 11 is 0. The van der Waals surface area contributed by atoms with Gasteiger partial charge in [-0.05, 0) is 37.8 Å². The molecule has 19 heavy (non-hydrogen) atoms. The van der Waals surface area contributed by atoms with Crippen molar-refractivity contribution >= 4 is 10.0 Å².